The molecule has 0 amide bonds. The average molecular weight is 308 g/mol. The molecule has 1 saturated heterocycles. The summed E-state index contributed by atoms with van der Waals surface area (Å²) in [6.07, 6.45) is 1.30. The van der Waals surface area contributed by atoms with Crippen molar-refractivity contribution in [2.75, 3.05) is 13.1 Å². The Morgan fingerprint density at radius 3 is 2.39 bits per heavy atom. The van der Waals surface area contributed by atoms with Crippen molar-refractivity contribution < 1.29 is 8.42 Å². The van der Waals surface area contributed by atoms with Gasteiger partial charge in [0.25, 0.3) is 0 Å². The highest BCUT2D eigenvalue weighted by molar-refractivity contribution is 7.89. The zero-order chi connectivity index (χ0) is 13.4. The van der Waals surface area contributed by atoms with Crippen molar-refractivity contribution >= 4 is 33.2 Å². The van der Waals surface area contributed by atoms with Gasteiger partial charge >= 0.3 is 0 Å². The van der Waals surface area contributed by atoms with Gasteiger partial charge in [-0.2, -0.15) is 4.31 Å². The first-order valence-electron chi connectivity index (χ1n) is 5.76. The van der Waals surface area contributed by atoms with Gasteiger partial charge in [-0.3, -0.25) is 0 Å². The van der Waals surface area contributed by atoms with E-state index in [2.05, 4.69) is 0 Å². The number of alkyl halides is 2. The van der Waals surface area contributed by atoms with Gasteiger partial charge in [0.15, 0.2) is 0 Å². The van der Waals surface area contributed by atoms with Crippen LogP contribution in [0.5, 0.6) is 0 Å². The quantitative estimate of drug-likeness (QED) is 0.788. The van der Waals surface area contributed by atoms with Crippen LogP contribution in [0.2, 0.25) is 0 Å². The molecular weight excluding hydrogens is 293 g/mol. The van der Waals surface area contributed by atoms with E-state index in [4.69, 9.17) is 23.2 Å². The number of halogens is 2. The molecule has 1 heterocycles. The maximum Gasteiger partial charge on any atom is 0.243 e. The lowest BCUT2D eigenvalue weighted by Gasteiger charge is -2.33. The predicted octanol–water partition coefficient (Wildman–Crippen LogP) is 2.95. The first kappa shape index (κ1) is 14.1. The second kappa shape index (κ2) is 5.00. The van der Waals surface area contributed by atoms with Crippen molar-refractivity contribution in [2.24, 2.45) is 0 Å². The van der Waals surface area contributed by atoms with Gasteiger partial charge in [-0.15, -0.1) is 23.2 Å². The summed E-state index contributed by atoms with van der Waals surface area (Å²) in [7, 11) is -3.49. The molecular formula is C12H15Cl2NO2S. The SMILES string of the molecule is Cc1ccc(S(=O)(=O)N2CCCC(Cl)(Cl)C2)cc1. The van der Waals surface area contributed by atoms with Gasteiger partial charge in [-0.1, -0.05) is 17.7 Å². The fraction of sp³-hybridized carbons (Fsp3) is 0.500. The fourth-order valence-corrected chi connectivity index (χ4v) is 4.23. The van der Waals surface area contributed by atoms with Gasteiger partial charge in [-0.25, -0.2) is 8.42 Å². The van der Waals surface area contributed by atoms with E-state index in [1.165, 1.54) is 4.31 Å². The monoisotopic (exact) mass is 307 g/mol. The Balaban J connectivity index is 2.28. The Kier molecular flexibility index (Phi) is 3.93. The summed E-state index contributed by atoms with van der Waals surface area (Å²) in [5.41, 5.74) is 1.02. The average Bonchev–Trinajstić information content (AvgIpc) is 2.28. The van der Waals surface area contributed by atoms with E-state index >= 15 is 0 Å². The van der Waals surface area contributed by atoms with Crippen molar-refractivity contribution in [3.8, 4) is 0 Å². The molecule has 0 N–H and O–H groups in total. The molecule has 1 aromatic carbocycles. The molecule has 0 unspecified atom stereocenters. The molecule has 1 aliphatic rings. The molecule has 0 aromatic heterocycles. The molecule has 0 bridgehead atoms. The van der Waals surface area contributed by atoms with Gasteiger partial charge in [0.05, 0.1) is 4.90 Å². The summed E-state index contributed by atoms with van der Waals surface area (Å²) in [6.45, 7) is 2.53. The number of aryl methyl sites for hydroxylation is 1. The van der Waals surface area contributed by atoms with Crippen LogP contribution in [0.15, 0.2) is 29.2 Å². The van der Waals surface area contributed by atoms with Crippen LogP contribution in [0.3, 0.4) is 0 Å². The highest BCUT2D eigenvalue weighted by atomic mass is 35.5. The summed E-state index contributed by atoms with van der Waals surface area (Å²) < 4.78 is 25.2. The fourth-order valence-electron chi connectivity index (χ4n) is 1.99. The summed E-state index contributed by atoms with van der Waals surface area (Å²) >= 11 is 12.1. The molecule has 2 rings (SSSR count). The number of piperidine rings is 1. The maximum atomic E-state index is 12.4. The van der Waals surface area contributed by atoms with Gasteiger partial charge in [0.2, 0.25) is 10.0 Å². The minimum absolute atomic E-state index is 0.145. The van der Waals surface area contributed by atoms with Crippen LogP contribution in [0.4, 0.5) is 0 Å². The third-order valence-electron chi connectivity index (χ3n) is 3.02. The van der Waals surface area contributed by atoms with Crippen LogP contribution >= 0.6 is 23.2 Å². The van der Waals surface area contributed by atoms with E-state index in [0.717, 1.165) is 5.56 Å². The molecule has 0 radical (unpaired) electrons. The lowest BCUT2D eigenvalue weighted by atomic mass is 10.1. The highest BCUT2D eigenvalue weighted by Gasteiger charge is 2.37. The van der Waals surface area contributed by atoms with Crippen molar-refractivity contribution in [2.45, 2.75) is 29.0 Å². The van der Waals surface area contributed by atoms with E-state index in [1.807, 2.05) is 6.92 Å². The summed E-state index contributed by atoms with van der Waals surface area (Å²) in [5.74, 6) is 0. The Morgan fingerprint density at radius 2 is 1.83 bits per heavy atom. The van der Waals surface area contributed by atoms with Crippen LogP contribution in [0.1, 0.15) is 18.4 Å². The Bertz CT molecular complexity index is 526. The molecule has 1 aromatic rings. The van der Waals surface area contributed by atoms with E-state index in [1.54, 1.807) is 24.3 Å². The standard InChI is InChI=1S/C12H15Cl2NO2S/c1-10-3-5-11(6-4-10)18(16,17)15-8-2-7-12(13,14)9-15/h3-6H,2,7-9H2,1H3. The topological polar surface area (TPSA) is 37.4 Å². The molecule has 0 saturated carbocycles. The summed E-state index contributed by atoms with van der Waals surface area (Å²) in [6, 6.07) is 6.80. The second-order valence-corrected chi connectivity index (χ2v) is 8.19. The van der Waals surface area contributed by atoms with E-state index in [0.29, 0.717) is 24.3 Å². The van der Waals surface area contributed by atoms with Crippen LogP contribution in [0, 0.1) is 6.92 Å². The minimum Gasteiger partial charge on any atom is -0.207 e. The summed E-state index contributed by atoms with van der Waals surface area (Å²) in [5, 5.41) is 0. The minimum atomic E-state index is -3.49. The van der Waals surface area contributed by atoms with E-state index in [-0.39, 0.29) is 6.54 Å². The van der Waals surface area contributed by atoms with Crippen molar-refractivity contribution in [1.82, 2.24) is 4.31 Å². The first-order chi connectivity index (χ1) is 8.31. The molecule has 3 nitrogen and oxygen atoms in total. The van der Waals surface area contributed by atoms with Crippen LogP contribution in [-0.2, 0) is 10.0 Å². The smallest absolute Gasteiger partial charge is 0.207 e. The van der Waals surface area contributed by atoms with Crippen molar-refractivity contribution in [3.63, 3.8) is 0 Å². The van der Waals surface area contributed by atoms with Crippen molar-refractivity contribution in [3.05, 3.63) is 29.8 Å². The molecule has 100 valence electrons. The predicted molar refractivity (Wildman–Crippen MR) is 73.6 cm³/mol. The van der Waals surface area contributed by atoms with E-state index < -0.39 is 14.4 Å². The highest BCUT2D eigenvalue weighted by Crippen LogP contribution is 2.34. The molecule has 6 heteroatoms. The molecule has 0 spiro atoms. The molecule has 18 heavy (non-hydrogen) atoms. The van der Waals surface area contributed by atoms with Crippen LogP contribution < -0.4 is 0 Å². The number of benzene rings is 1. The number of nitrogens with zero attached hydrogens (tertiary/aromatic N) is 1. The third kappa shape index (κ3) is 2.99. The maximum absolute atomic E-state index is 12.4. The Hall–Kier alpha value is -0.290. The zero-order valence-electron chi connectivity index (χ0n) is 10.1. The van der Waals surface area contributed by atoms with Gasteiger partial charge < -0.3 is 0 Å². The molecule has 0 atom stereocenters. The first-order valence-corrected chi connectivity index (χ1v) is 7.95. The number of rotatable bonds is 2. The van der Waals surface area contributed by atoms with Gasteiger partial charge in [-0.05, 0) is 31.9 Å². The van der Waals surface area contributed by atoms with Crippen LogP contribution in [0.25, 0.3) is 0 Å². The van der Waals surface area contributed by atoms with Gasteiger partial charge in [0, 0.05) is 13.1 Å². The van der Waals surface area contributed by atoms with E-state index in [9.17, 15) is 8.42 Å². The van der Waals surface area contributed by atoms with Crippen LogP contribution in [-0.4, -0.2) is 30.1 Å². The zero-order valence-corrected chi connectivity index (χ0v) is 12.4. The lowest BCUT2D eigenvalue weighted by molar-refractivity contribution is 0.333. The van der Waals surface area contributed by atoms with Gasteiger partial charge in [0.1, 0.15) is 4.33 Å². The normalized spacial score (nSPS) is 20.8. The largest absolute Gasteiger partial charge is 0.243 e. The lowest BCUT2D eigenvalue weighted by Crippen LogP contribution is -2.44. The molecule has 1 fully saturated rings. The molecule has 0 aliphatic carbocycles. The third-order valence-corrected chi connectivity index (χ3v) is 5.49. The summed E-state index contributed by atoms with van der Waals surface area (Å²) in [4.78, 5) is 0.291. The number of hydrogen-bond acceptors (Lipinski definition) is 2. The Labute approximate surface area is 118 Å². The van der Waals surface area contributed by atoms with Crippen molar-refractivity contribution in [1.29, 1.82) is 0 Å². The number of sulfonamides is 1. The number of hydrogen-bond donors (Lipinski definition) is 0. The second-order valence-electron chi connectivity index (χ2n) is 4.61. The Morgan fingerprint density at radius 1 is 1.22 bits per heavy atom. The molecule has 1 aliphatic heterocycles.